The Bertz CT molecular complexity index is 991. The number of ketones is 1. The summed E-state index contributed by atoms with van der Waals surface area (Å²) < 4.78 is 30.3. The smallest absolute Gasteiger partial charge is 0.164 e. The number of hydrogen-bond donors (Lipinski definition) is 1. The molecule has 5 heteroatoms. The predicted octanol–water partition coefficient (Wildman–Crippen LogP) is 4.82. The van der Waals surface area contributed by atoms with Gasteiger partial charge in [-0.2, -0.15) is 0 Å². The van der Waals surface area contributed by atoms with Crippen LogP contribution in [0, 0.1) is 11.7 Å². The number of Topliss-reactive ketones (excluding diaryl/α,β-unsaturated/α-hetero) is 1. The molecule has 0 saturated heterocycles. The summed E-state index contributed by atoms with van der Waals surface area (Å²) in [6.45, 7) is 5.66. The number of fused-ring (bicyclic) bond motifs is 3. The van der Waals surface area contributed by atoms with Crippen molar-refractivity contribution in [3.8, 4) is 0 Å². The minimum absolute atomic E-state index is 0.00599. The first-order valence-electron chi connectivity index (χ1n) is 9.57. The van der Waals surface area contributed by atoms with Crippen LogP contribution in [0.3, 0.4) is 0 Å². The van der Waals surface area contributed by atoms with E-state index in [1.807, 2.05) is 57.2 Å². The van der Waals surface area contributed by atoms with Gasteiger partial charge in [-0.1, -0.05) is 42.5 Å². The zero-order valence-electron chi connectivity index (χ0n) is 16.3. The summed E-state index contributed by atoms with van der Waals surface area (Å²) in [6, 6.07) is 14.2. The Labute approximate surface area is 167 Å². The van der Waals surface area contributed by atoms with E-state index in [0.717, 1.165) is 16.7 Å². The molecule has 0 bridgehead atoms. The van der Waals surface area contributed by atoms with Crippen molar-refractivity contribution in [1.82, 2.24) is 4.72 Å². The monoisotopic (exact) mass is 397 g/mol. The molecule has 3 atom stereocenters. The molecule has 0 aliphatic heterocycles. The fourth-order valence-electron chi connectivity index (χ4n) is 4.20. The third-order valence-electron chi connectivity index (χ3n) is 5.47. The van der Waals surface area contributed by atoms with Gasteiger partial charge in [0.15, 0.2) is 5.78 Å². The van der Waals surface area contributed by atoms with Crippen LogP contribution in [-0.2, 0) is 15.8 Å². The Hall–Kier alpha value is -2.11. The van der Waals surface area contributed by atoms with Gasteiger partial charge in [0.05, 0.1) is 15.7 Å². The largest absolute Gasteiger partial charge is 0.294 e. The van der Waals surface area contributed by atoms with Crippen molar-refractivity contribution in [3.05, 3.63) is 71.0 Å². The SMILES string of the molecule is CC(C)(C)S(=O)N[C@H]1C[C@@H]2CC(=O)C(c3ccccc3)=C2c2cccc(F)c21. The number of rotatable bonds is 3. The van der Waals surface area contributed by atoms with E-state index in [1.54, 1.807) is 6.07 Å². The Balaban J connectivity index is 1.86. The van der Waals surface area contributed by atoms with Gasteiger partial charge in [0.25, 0.3) is 0 Å². The first-order chi connectivity index (χ1) is 13.3. The number of carbonyl (C=O) groups excluding carboxylic acids is 1. The molecule has 0 fully saturated rings. The quantitative estimate of drug-likeness (QED) is 0.807. The highest BCUT2D eigenvalue weighted by molar-refractivity contribution is 7.84. The van der Waals surface area contributed by atoms with Gasteiger partial charge in [-0.3, -0.25) is 4.79 Å². The second kappa shape index (κ2) is 7.05. The van der Waals surface area contributed by atoms with Crippen molar-refractivity contribution in [3.63, 3.8) is 0 Å². The van der Waals surface area contributed by atoms with Gasteiger partial charge >= 0.3 is 0 Å². The highest BCUT2D eigenvalue weighted by atomic mass is 32.2. The molecular formula is C23H24FNO2S. The summed E-state index contributed by atoms with van der Waals surface area (Å²) in [5.41, 5.74) is 3.81. The third-order valence-corrected chi connectivity index (χ3v) is 7.08. The lowest BCUT2D eigenvalue weighted by Crippen LogP contribution is -2.38. The molecule has 2 aromatic rings. The normalized spacial score (nSPS) is 22.8. The van der Waals surface area contributed by atoms with Gasteiger partial charge in [-0.15, -0.1) is 0 Å². The summed E-state index contributed by atoms with van der Waals surface area (Å²) in [7, 11) is -1.33. The zero-order valence-corrected chi connectivity index (χ0v) is 17.1. The van der Waals surface area contributed by atoms with E-state index < -0.39 is 15.7 Å². The maximum Gasteiger partial charge on any atom is 0.164 e. The maximum absolute atomic E-state index is 14.9. The van der Waals surface area contributed by atoms with Crippen LogP contribution >= 0.6 is 0 Å². The van der Waals surface area contributed by atoms with Crippen molar-refractivity contribution in [2.75, 3.05) is 0 Å². The van der Waals surface area contributed by atoms with Crippen molar-refractivity contribution >= 4 is 27.9 Å². The second-order valence-corrected chi connectivity index (χ2v) is 10.5. The average Bonchev–Trinajstić information content (AvgIpc) is 2.97. The van der Waals surface area contributed by atoms with E-state index in [2.05, 4.69) is 4.72 Å². The van der Waals surface area contributed by atoms with Gasteiger partial charge < -0.3 is 0 Å². The van der Waals surface area contributed by atoms with Gasteiger partial charge in [-0.25, -0.2) is 13.3 Å². The van der Waals surface area contributed by atoms with Crippen molar-refractivity contribution in [1.29, 1.82) is 0 Å². The van der Waals surface area contributed by atoms with Crippen LogP contribution in [0.4, 0.5) is 4.39 Å². The fourth-order valence-corrected chi connectivity index (χ4v) is 5.03. The molecule has 146 valence electrons. The second-order valence-electron chi connectivity index (χ2n) is 8.47. The molecule has 1 N–H and O–H groups in total. The molecule has 2 aliphatic rings. The average molecular weight is 398 g/mol. The summed E-state index contributed by atoms with van der Waals surface area (Å²) in [6.07, 6.45) is 0.975. The molecular weight excluding hydrogens is 373 g/mol. The maximum atomic E-state index is 14.9. The number of nitrogens with one attached hydrogen (secondary N) is 1. The first-order valence-corrected chi connectivity index (χ1v) is 10.7. The van der Waals surface area contributed by atoms with E-state index in [0.29, 0.717) is 24.0 Å². The third kappa shape index (κ3) is 3.27. The van der Waals surface area contributed by atoms with Crippen molar-refractivity contribution in [2.24, 2.45) is 5.92 Å². The van der Waals surface area contributed by atoms with Gasteiger partial charge in [0, 0.05) is 23.6 Å². The number of halogens is 1. The molecule has 2 aromatic carbocycles. The van der Waals surface area contributed by atoms with Crippen LogP contribution in [0.2, 0.25) is 0 Å². The van der Waals surface area contributed by atoms with Crippen molar-refractivity contribution < 1.29 is 13.4 Å². The molecule has 0 amide bonds. The van der Waals surface area contributed by atoms with E-state index >= 15 is 0 Å². The zero-order chi connectivity index (χ0) is 20.1. The van der Waals surface area contributed by atoms with Crippen LogP contribution in [-0.4, -0.2) is 14.7 Å². The lowest BCUT2D eigenvalue weighted by molar-refractivity contribution is -0.113. The van der Waals surface area contributed by atoms with Gasteiger partial charge in [-0.05, 0) is 55.9 Å². The Kier molecular flexibility index (Phi) is 4.84. The van der Waals surface area contributed by atoms with Crippen molar-refractivity contribution in [2.45, 2.75) is 44.4 Å². The molecule has 0 radical (unpaired) electrons. The van der Waals surface area contributed by atoms with Crippen LogP contribution in [0.25, 0.3) is 11.1 Å². The van der Waals surface area contributed by atoms with Crippen LogP contribution in [0.5, 0.6) is 0 Å². The van der Waals surface area contributed by atoms with E-state index in [9.17, 15) is 13.4 Å². The van der Waals surface area contributed by atoms with Crippen LogP contribution in [0.1, 0.15) is 56.3 Å². The van der Waals surface area contributed by atoms with E-state index in [1.165, 1.54) is 6.07 Å². The molecule has 0 saturated carbocycles. The standard InChI is InChI=1S/C23H24FNO2S/c1-23(2,3)28(27)25-18-12-15-13-19(26)21(14-8-5-4-6-9-14)20(15)16-10-7-11-17(24)22(16)18/h4-11,15,18,25H,12-13H2,1-3H3/t15-,18+,28?/m1/s1. The Morgan fingerprint density at radius 3 is 2.46 bits per heavy atom. The van der Waals surface area contributed by atoms with Gasteiger partial charge in [0.1, 0.15) is 5.82 Å². The number of carbonyl (C=O) groups is 1. The summed E-state index contributed by atoms with van der Waals surface area (Å²) >= 11 is 0. The lowest BCUT2D eigenvalue weighted by atomic mass is 9.77. The topological polar surface area (TPSA) is 46.2 Å². The highest BCUT2D eigenvalue weighted by Gasteiger charge is 2.42. The van der Waals surface area contributed by atoms with E-state index in [4.69, 9.17) is 0 Å². The molecule has 28 heavy (non-hydrogen) atoms. The summed E-state index contributed by atoms with van der Waals surface area (Å²) in [4.78, 5) is 12.9. The Morgan fingerprint density at radius 2 is 1.79 bits per heavy atom. The minimum Gasteiger partial charge on any atom is -0.294 e. The summed E-state index contributed by atoms with van der Waals surface area (Å²) in [5.74, 6) is -0.218. The first kappa shape index (κ1) is 19.2. The molecule has 0 aromatic heterocycles. The lowest BCUT2D eigenvalue weighted by Gasteiger charge is -2.33. The molecule has 4 rings (SSSR count). The Morgan fingerprint density at radius 1 is 1.07 bits per heavy atom. The molecule has 3 nitrogen and oxygen atoms in total. The highest BCUT2D eigenvalue weighted by Crippen LogP contribution is 2.51. The number of benzene rings is 2. The van der Waals surface area contributed by atoms with Crippen LogP contribution in [0.15, 0.2) is 48.5 Å². The minimum atomic E-state index is -1.33. The molecule has 2 aliphatic carbocycles. The summed E-state index contributed by atoms with van der Waals surface area (Å²) in [5, 5.41) is 0. The fraction of sp³-hybridized carbons (Fsp3) is 0.348. The molecule has 1 unspecified atom stereocenters. The van der Waals surface area contributed by atoms with E-state index in [-0.39, 0.29) is 23.6 Å². The van der Waals surface area contributed by atoms with Gasteiger partial charge in [0.2, 0.25) is 0 Å². The van der Waals surface area contributed by atoms with Crippen LogP contribution < -0.4 is 4.72 Å². The molecule has 0 spiro atoms. The predicted molar refractivity (Wildman–Crippen MR) is 111 cm³/mol. The molecule has 0 heterocycles. The number of allylic oxidation sites excluding steroid dienone is 2. The number of hydrogen-bond acceptors (Lipinski definition) is 2.